The van der Waals surface area contributed by atoms with Crippen molar-refractivity contribution in [1.29, 1.82) is 0 Å². The Kier molecular flexibility index (Phi) is 4.38. The van der Waals surface area contributed by atoms with Crippen LogP contribution in [0.2, 0.25) is 5.02 Å². The Morgan fingerprint density at radius 2 is 1.94 bits per heavy atom. The Morgan fingerprint density at radius 1 is 1.17 bits per heavy atom. The van der Waals surface area contributed by atoms with Gasteiger partial charge in [0, 0.05) is 9.77 Å². The minimum atomic E-state index is -0.378. The van der Waals surface area contributed by atoms with Crippen LogP contribution in [0.5, 0.6) is 0 Å². The highest BCUT2D eigenvalue weighted by Crippen LogP contribution is 2.20. The van der Waals surface area contributed by atoms with Crippen LogP contribution in [-0.2, 0) is 0 Å². The molecule has 4 nitrogen and oxygen atoms in total. The first-order chi connectivity index (χ1) is 8.65. The van der Waals surface area contributed by atoms with Crippen LogP contribution in [-0.4, -0.2) is 11.0 Å². The molecule has 0 aliphatic rings. The van der Waals surface area contributed by atoms with Gasteiger partial charge in [-0.2, -0.15) is 0 Å². The number of hydrogen-bond donors (Lipinski definition) is 2. The van der Waals surface area contributed by atoms with Crippen LogP contribution in [0, 0.1) is 3.57 Å². The minimum Gasteiger partial charge on any atom is -0.306 e. The van der Waals surface area contributed by atoms with Gasteiger partial charge in [-0.3, -0.25) is 5.32 Å². The van der Waals surface area contributed by atoms with Gasteiger partial charge in [0.25, 0.3) is 0 Å². The average Bonchev–Trinajstić information content (AvgIpc) is 2.35. The largest absolute Gasteiger partial charge is 0.324 e. The lowest BCUT2D eigenvalue weighted by atomic mass is 10.3. The van der Waals surface area contributed by atoms with Gasteiger partial charge in [0.2, 0.25) is 0 Å². The van der Waals surface area contributed by atoms with Gasteiger partial charge < -0.3 is 5.32 Å². The summed E-state index contributed by atoms with van der Waals surface area (Å²) in [6, 6.07) is 10.2. The summed E-state index contributed by atoms with van der Waals surface area (Å²) in [6.07, 6.45) is 1.67. The molecule has 2 aromatic rings. The second kappa shape index (κ2) is 6.01. The number of anilines is 2. The van der Waals surface area contributed by atoms with Gasteiger partial charge in [-0.05, 0) is 46.9 Å². The fraction of sp³-hybridized carbons (Fsp3) is 0. The molecule has 6 heteroatoms. The molecule has 0 fully saturated rings. The van der Waals surface area contributed by atoms with Gasteiger partial charge >= 0.3 is 6.03 Å². The molecule has 2 amide bonds. The predicted molar refractivity (Wildman–Crippen MR) is 81.0 cm³/mol. The van der Waals surface area contributed by atoms with Crippen LogP contribution >= 0.6 is 34.2 Å². The summed E-state index contributed by atoms with van der Waals surface area (Å²) in [5, 5.41) is 5.76. The van der Waals surface area contributed by atoms with E-state index in [4.69, 9.17) is 11.6 Å². The first kappa shape index (κ1) is 13.1. The highest BCUT2D eigenvalue weighted by Gasteiger charge is 2.05. The third kappa shape index (κ3) is 3.58. The van der Waals surface area contributed by atoms with E-state index in [1.165, 1.54) is 0 Å². The lowest BCUT2D eigenvalue weighted by Gasteiger charge is -2.08. The van der Waals surface area contributed by atoms with Crippen molar-refractivity contribution in [2.24, 2.45) is 0 Å². The van der Waals surface area contributed by atoms with Crippen LogP contribution in [0.3, 0.4) is 0 Å². The second-order valence-electron chi connectivity index (χ2n) is 3.42. The molecule has 1 aromatic carbocycles. The van der Waals surface area contributed by atoms with Crippen molar-refractivity contribution in [2.45, 2.75) is 0 Å². The number of benzene rings is 1. The molecule has 0 saturated carbocycles. The van der Waals surface area contributed by atoms with E-state index < -0.39 is 0 Å². The summed E-state index contributed by atoms with van der Waals surface area (Å²) >= 11 is 8.08. The maximum atomic E-state index is 11.7. The molecule has 0 radical (unpaired) electrons. The van der Waals surface area contributed by atoms with E-state index in [0.29, 0.717) is 16.5 Å². The highest BCUT2D eigenvalue weighted by molar-refractivity contribution is 14.1. The fourth-order valence-electron chi connectivity index (χ4n) is 1.28. The zero-order chi connectivity index (χ0) is 13.0. The molecule has 2 rings (SSSR count). The first-order valence-electron chi connectivity index (χ1n) is 5.09. The maximum Gasteiger partial charge on any atom is 0.324 e. The summed E-state index contributed by atoms with van der Waals surface area (Å²) < 4.78 is 1.00. The average molecular weight is 374 g/mol. The SMILES string of the molecule is O=C(Nc1ccc(I)cn1)Nc1ccccc1Cl. The van der Waals surface area contributed by atoms with E-state index >= 15 is 0 Å². The molecule has 2 N–H and O–H groups in total. The van der Waals surface area contributed by atoms with Gasteiger partial charge in [0.05, 0.1) is 10.7 Å². The summed E-state index contributed by atoms with van der Waals surface area (Å²) in [7, 11) is 0. The molecule has 1 aromatic heterocycles. The smallest absolute Gasteiger partial charge is 0.306 e. The number of carbonyl (C=O) groups is 1. The normalized spacial score (nSPS) is 9.89. The van der Waals surface area contributed by atoms with Crippen molar-refractivity contribution in [3.63, 3.8) is 0 Å². The number of pyridine rings is 1. The predicted octanol–water partition coefficient (Wildman–Crippen LogP) is 3.98. The molecule has 0 saturated heterocycles. The van der Waals surface area contributed by atoms with E-state index in [1.54, 1.807) is 36.5 Å². The Morgan fingerprint density at radius 3 is 2.61 bits per heavy atom. The molecule has 92 valence electrons. The number of nitrogens with zero attached hydrogens (tertiary/aromatic N) is 1. The number of hydrogen-bond acceptors (Lipinski definition) is 2. The Bertz CT molecular complexity index is 560. The monoisotopic (exact) mass is 373 g/mol. The molecule has 0 atom stereocenters. The Labute approximate surface area is 123 Å². The molecular weight excluding hydrogens is 365 g/mol. The lowest BCUT2D eigenvalue weighted by molar-refractivity contribution is 0.262. The second-order valence-corrected chi connectivity index (χ2v) is 5.07. The van der Waals surface area contributed by atoms with E-state index in [2.05, 4.69) is 38.2 Å². The molecule has 0 aliphatic heterocycles. The lowest BCUT2D eigenvalue weighted by Crippen LogP contribution is -2.20. The number of nitrogens with one attached hydrogen (secondary N) is 2. The number of urea groups is 1. The summed E-state index contributed by atoms with van der Waals surface area (Å²) in [4.78, 5) is 15.8. The van der Waals surface area contributed by atoms with Crippen LogP contribution in [0.25, 0.3) is 0 Å². The third-order valence-corrected chi connectivity index (χ3v) is 3.06. The van der Waals surface area contributed by atoms with Gasteiger partial charge in [-0.1, -0.05) is 23.7 Å². The molecule has 0 unspecified atom stereocenters. The van der Waals surface area contributed by atoms with Crippen molar-refractivity contribution in [3.8, 4) is 0 Å². The van der Waals surface area contributed by atoms with Crippen molar-refractivity contribution < 1.29 is 4.79 Å². The van der Waals surface area contributed by atoms with Crippen LogP contribution in [0.15, 0.2) is 42.6 Å². The zero-order valence-electron chi connectivity index (χ0n) is 9.15. The quantitative estimate of drug-likeness (QED) is 0.782. The number of rotatable bonds is 2. The molecular formula is C12H9ClIN3O. The molecule has 0 spiro atoms. The van der Waals surface area contributed by atoms with E-state index in [-0.39, 0.29) is 6.03 Å². The van der Waals surface area contributed by atoms with Gasteiger partial charge in [0.15, 0.2) is 0 Å². The highest BCUT2D eigenvalue weighted by atomic mass is 127. The number of aromatic nitrogens is 1. The van der Waals surface area contributed by atoms with Crippen molar-refractivity contribution >= 4 is 51.7 Å². The maximum absolute atomic E-state index is 11.7. The van der Waals surface area contributed by atoms with Gasteiger partial charge in [-0.15, -0.1) is 0 Å². The fourth-order valence-corrected chi connectivity index (χ4v) is 1.78. The van der Waals surface area contributed by atoms with Crippen molar-refractivity contribution in [2.75, 3.05) is 10.6 Å². The number of halogens is 2. The number of carbonyl (C=O) groups excluding carboxylic acids is 1. The Balaban J connectivity index is 2.01. The van der Waals surface area contributed by atoms with Crippen LogP contribution in [0.4, 0.5) is 16.3 Å². The van der Waals surface area contributed by atoms with E-state index in [9.17, 15) is 4.79 Å². The molecule has 18 heavy (non-hydrogen) atoms. The molecule has 0 aliphatic carbocycles. The summed E-state index contributed by atoms with van der Waals surface area (Å²) in [6.45, 7) is 0. The number of para-hydroxylation sites is 1. The third-order valence-electron chi connectivity index (χ3n) is 2.09. The van der Waals surface area contributed by atoms with Gasteiger partial charge in [-0.25, -0.2) is 9.78 Å². The molecule has 1 heterocycles. The van der Waals surface area contributed by atoms with Crippen molar-refractivity contribution in [1.82, 2.24) is 4.98 Å². The zero-order valence-corrected chi connectivity index (χ0v) is 12.1. The number of amides is 2. The summed E-state index contributed by atoms with van der Waals surface area (Å²) in [5.74, 6) is 0.486. The standard InChI is InChI=1S/C12H9ClIN3O/c13-9-3-1-2-4-10(9)16-12(18)17-11-6-5-8(14)7-15-11/h1-7H,(H2,15,16,17,18). The van der Waals surface area contributed by atoms with Crippen LogP contribution < -0.4 is 10.6 Å². The molecule has 0 bridgehead atoms. The van der Waals surface area contributed by atoms with E-state index in [1.807, 2.05) is 6.07 Å². The van der Waals surface area contributed by atoms with E-state index in [0.717, 1.165) is 3.57 Å². The van der Waals surface area contributed by atoms with Gasteiger partial charge in [0.1, 0.15) is 5.82 Å². The minimum absolute atomic E-state index is 0.378. The summed E-state index contributed by atoms with van der Waals surface area (Å²) in [5.41, 5.74) is 0.558. The van der Waals surface area contributed by atoms with Crippen LogP contribution in [0.1, 0.15) is 0 Å². The Hall–Kier alpha value is -1.34. The first-order valence-corrected chi connectivity index (χ1v) is 6.55. The van der Waals surface area contributed by atoms with Crippen molar-refractivity contribution in [3.05, 3.63) is 51.2 Å². The topological polar surface area (TPSA) is 54.0 Å².